The van der Waals surface area contributed by atoms with Crippen molar-refractivity contribution in [1.82, 2.24) is 4.90 Å². The zero-order valence-electron chi connectivity index (χ0n) is 12.5. The largest absolute Gasteiger partial charge is 0.393 e. The molecule has 3 rings (SSSR count). The van der Waals surface area contributed by atoms with E-state index >= 15 is 0 Å². The number of aliphatic hydroxyl groups is 1. The fourth-order valence-corrected chi connectivity index (χ4v) is 3.57. The molecule has 0 saturated carbocycles. The number of nitrogens with zero attached hydrogens (tertiary/aromatic N) is 1. The quantitative estimate of drug-likeness (QED) is 0.906. The number of aliphatic hydroxyl groups excluding tert-OH is 1. The molecule has 1 aromatic carbocycles. The Balaban J connectivity index is 1.80. The molecule has 2 aliphatic heterocycles. The number of ether oxygens (including phenoxy) is 1. The minimum absolute atomic E-state index is 0.0502. The molecule has 114 valence electrons. The molecule has 0 aliphatic carbocycles. The normalized spacial score (nSPS) is 29.6. The first kappa shape index (κ1) is 14.5. The predicted molar refractivity (Wildman–Crippen MR) is 80.2 cm³/mol. The van der Waals surface area contributed by atoms with Crippen molar-refractivity contribution in [3.8, 4) is 0 Å². The maximum Gasteiger partial charge on any atom is 0.254 e. The van der Waals surface area contributed by atoms with Crippen LogP contribution in [0.3, 0.4) is 0 Å². The van der Waals surface area contributed by atoms with E-state index < -0.39 is 0 Å². The van der Waals surface area contributed by atoms with Gasteiger partial charge in [-0.1, -0.05) is 18.2 Å². The molecule has 0 unspecified atom stereocenters. The summed E-state index contributed by atoms with van der Waals surface area (Å²) in [5, 5.41) is 10.2. The van der Waals surface area contributed by atoms with Crippen LogP contribution in [0.1, 0.15) is 35.2 Å². The number of amides is 1. The first-order valence-corrected chi connectivity index (χ1v) is 7.81. The third-order valence-electron chi connectivity index (χ3n) is 4.79. The summed E-state index contributed by atoms with van der Waals surface area (Å²) in [6.07, 6.45) is 2.29. The van der Waals surface area contributed by atoms with E-state index in [0.717, 1.165) is 30.5 Å². The minimum Gasteiger partial charge on any atom is -0.393 e. The van der Waals surface area contributed by atoms with Crippen molar-refractivity contribution in [2.24, 2.45) is 5.92 Å². The molecule has 0 bridgehead atoms. The zero-order valence-corrected chi connectivity index (χ0v) is 12.5. The van der Waals surface area contributed by atoms with E-state index in [9.17, 15) is 9.90 Å². The van der Waals surface area contributed by atoms with Crippen molar-refractivity contribution >= 4 is 5.91 Å². The van der Waals surface area contributed by atoms with Crippen LogP contribution in [0.5, 0.6) is 0 Å². The molecule has 0 radical (unpaired) electrons. The van der Waals surface area contributed by atoms with Crippen LogP contribution in [0.25, 0.3) is 0 Å². The highest BCUT2D eigenvalue weighted by atomic mass is 16.5. The lowest BCUT2D eigenvalue weighted by Gasteiger charge is -2.37. The van der Waals surface area contributed by atoms with E-state index in [2.05, 4.69) is 0 Å². The van der Waals surface area contributed by atoms with Crippen molar-refractivity contribution in [3.05, 3.63) is 35.4 Å². The molecule has 21 heavy (non-hydrogen) atoms. The summed E-state index contributed by atoms with van der Waals surface area (Å²) in [5.74, 6) is 0.141. The average molecular weight is 289 g/mol. The number of hydrogen-bond acceptors (Lipinski definition) is 3. The standard InChI is InChI=1S/C17H23NO3/c1-12-5-2-3-6-13(12)17(20)18-9-4-7-15(18)14-11-21-10-8-16(14)19/h2-3,5-6,14-16,19H,4,7-11H2,1H3/t14-,15-,16+/m1/s1. The fourth-order valence-electron chi connectivity index (χ4n) is 3.57. The maximum absolute atomic E-state index is 12.8. The van der Waals surface area contributed by atoms with E-state index in [-0.39, 0.29) is 24.0 Å². The Labute approximate surface area is 125 Å². The van der Waals surface area contributed by atoms with E-state index in [0.29, 0.717) is 19.6 Å². The number of carbonyl (C=O) groups excluding carboxylic acids is 1. The lowest BCUT2D eigenvalue weighted by atomic mass is 9.89. The van der Waals surface area contributed by atoms with Gasteiger partial charge in [0.1, 0.15) is 0 Å². The fraction of sp³-hybridized carbons (Fsp3) is 0.588. The van der Waals surface area contributed by atoms with E-state index in [1.54, 1.807) is 0 Å². The van der Waals surface area contributed by atoms with Crippen LogP contribution in [-0.2, 0) is 4.74 Å². The number of carbonyl (C=O) groups is 1. The van der Waals surface area contributed by atoms with Crippen LogP contribution < -0.4 is 0 Å². The van der Waals surface area contributed by atoms with Gasteiger partial charge in [0.25, 0.3) is 5.91 Å². The summed E-state index contributed by atoms with van der Waals surface area (Å²) in [7, 11) is 0. The molecule has 1 aromatic rings. The first-order chi connectivity index (χ1) is 10.2. The van der Waals surface area contributed by atoms with Gasteiger partial charge in [-0.2, -0.15) is 0 Å². The van der Waals surface area contributed by atoms with Gasteiger partial charge >= 0.3 is 0 Å². The number of aryl methyl sites for hydroxylation is 1. The Kier molecular flexibility index (Phi) is 4.27. The Morgan fingerprint density at radius 3 is 2.90 bits per heavy atom. The van der Waals surface area contributed by atoms with Gasteiger partial charge in [-0.15, -0.1) is 0 Å². The number of benzene rings is 1. The minimum atomic E-state index is -0.353. The lowest BCUT2D eigenvalue weighted by Crippen LogP contribution is -2.48. The SMILES string of the molecule is Cc1ccccc1C(=O)N1CCC[C@@H]1[C@H]1COCC[C@@H]1O. The van der Waals surface area contributed by atoms with Crippen LogP contribution in [0.2, 0.25) is 0 Å². The molecule has 4 heteroatoms. The van der Waals surface area contributed by atoms with E-state index in [1.807, 2.05) is 36.1 Å². The van der Waals surface area contributed by atoms with Crippen LogP contribution in [0, 0.1) is 12.8 Å². The van der Waals surface area contributed by atoms with Gasteiger partial charge in [-0.25, -0.2) is 0 Å². The van der Waals surface area contributed by atoms with Crippen LogP contribution in [-0.4, -0.2) is 47.8 Å². The highest BCUT2D eigenvalue weighted by molar-refractivity contribution is 5.96. The van der Waals surface area contributed by atoms with Gasteiger partial charge in [-0.05, 0) is 37.8 Å². The van der Waals surface area contributed by atoms with Gasteiger partial charge in [0.2, 0.25) is 0 Å². The summed E-state index contributed by atoms with van der Waals surface area (Å²) in [4.78, 5) is 14.8. The van der Waals surface area contributed by atoms with Gasteiger partial charge < -0.3 is 14.7 Å². The van der Waals surface area contributed by atoms with Crippen molar-refractivity contribution in [3.63, 3.8) is 0 Å². The predicted octanol–water partition coefficient (Wildman–Crippen LogP) is 2.00. The molecule has 4 nitrogen and oxygen atoms in total. The van der Waals surface area contributed by atoms with E-state index in [4.69, 9.17) is 4.74 Å². The van der Waals surface area contributed by atoms with Crippen LogP contribution >= 0.6 is 0 Å². The van der Waals surface area contributed by atoms with Crippen LogP contribution in [0.15, 0.2) is 24.3 Å². The second-order valence-electron chi connectivity index (χ2n) is 6.12. The average Bonchev–Trinajstić information content (AvgIpc) is 2.97. The van der Waals surface area contributed by atoms with Crippen molar-refractivity contribution < 1.29 is 14.6 Å². The number of hydrogen-bond donors (Lipinski definition) is 1. The molecule has 1 amide bonds. The Bertz CT molecular complexity index is 517. The Morgan fingerprint density at radius 2 is 2.14 bits per heavy atom. The highest BCUT2D eigenvalue weighted by Crippen LogP contribution is 2.31. The third-order valence-corrected chi connectivity index (χ3v) is 4.79. The monoisotopic (exact) mass is 289 g/mol. The van der Waals surface area contributed by atoms with Gasteiger partial charge in [0.05, 0.1) is 12.7 Å². The molecular formula is C17H23NO3. The maximum atomic E-state index is 12.8. The zero-order chi connectivity index (χ0) is 14.8. The van der Waals surface area contributed by atoms with Gasteiger partial charge in [0.15, 0.2) is 0 Å². The van der Waals surface area contributed by atoms with E-state index in [1.165, 1.54) is 0 Å². The molecule has 1 N–H and O–H groups in total. The summed E-state index contributed by atoms with van der Waals surface area (Å²) >= 11 is 0. The second-order valence-corrected chi connectivity index (χ2v) is 6.12. The van der Waals surface area contributed by atoms with Crippen LogP contribution in [0.4, 0.5) is 0 Å². The summed E-state index contributed by atoms with van der Waals surface area (Å²) < 4.78 is 5.52. The topological polar surface area (TPSA) is 49.8 Å². The van der Waals surface area contributed by atoms with Gasteiger partial charge in [-0.3, -0.25) is 4.79 Å². The third kappa shape index (κ3) is 2.83. The van der Waals surface area contributed by atoms with Crippen molar-refractivity contribution in [2.75, 3.05) is 19.8 Å². The summed E-state index contributed by atoms with van der Waals surface area (Å²) in [6, 6.07) is 7.82. The highest BCUT2D eigenvalue weighted by Gasteiger charge is 2.39. The smallest absolute Gasteiger partial charge is 0.254 e. The second kappa shape index (κ2) is 6.16. The van der Waals surface area contributed by atoms with Crippen molar-refractivity contribution in [2.45, 2.75) is 38.3 Å². The molecule has 2 saturated heterocycles. The molecule has 3 atom stereocenters. The number of likely N-dealkylation sites (tertiary alicyclic amines) is 1. The first-order valence-electron chi connectivity index (χ1n) is 7.81. The molecule has 2 aliphatic rings. The van der Waals surface area contributed by atoms with Crippen molar-refractivity contribution in [1.29, 1.82) is 0 Å². The number of rotatable bonds is 2. The lowest BCUT2D eigenvalue weighted by molar-refractivity contribution is -0.0589. The summed E-state index contributed by atoms with van der Waals surface area (Å²) in [6.45, 7) is 3.93. The molecule has 2 fully saturated rings. The molecule has 0 spiro atoms. The van der Waals surface area contributed by atoms with Gasteiger partial charge in [0, 0.05) is 30.7 Å². The summed E-state index contributed by atoms with van der Waals surface area (Å²) in [5.41, 5.74) is 1.78. The Hall–Kier alpha value is -1.39. The molecule has 0 aromatic heterocycles. The molecular weight excluding hydrogens is 266 g/mol. The Morgan fingerprint density at radius 1 is 1.33 bits per heavy atom. The molecule has 2 heterocycles.